The molecule has 0 bridgehead atoms. The molecule has 0 fully saturated rings. The van der Waals surface area contributed by atoms with E-state index in [1.165, 1.54) is 5.56 Å². The van der Waals surface area contributed by atoms with Crippen LogP contribution in [0.2, 0.25) is 5.02 Å². The first kappa shape index (κ1) is 14.7. The summed E-state index contributed by atoms with van der Waals surface area (Å²) in [6.45, 7) is 3.34. The van der Waals surface area contributed by atoms with Crippen LogP contribution in [-0.2, 0) is 6.42 Å². The summed E-state index contributed by atoms with van der Waals surface area (Å²) in [7, 11) is 0. The Morgan fingerprint density at radius 2 is 2.10 bits per heavy atom. The molecular formula is C17H16BrClO2. The molecule has 1 heterocycles. The average molecular weight is 368 g/mol. The van der Waals surface area contributed by atoms with Gasteiger partial charge in [0.2, 0.25) is 0 Å². The Balaban J connectivity index is 2.05. The number of alkyl halides is 1. The molecule has 0 aliphatic carbocycles. The fourth-order valence-corrected chi connectivity index (χ4v) is 3.60. The third-order valence-electron chi connectivity index (χ3n) is 3.54. The van der Waals surface area contributed by atoms with Gasteiger partial charge in [-0.15, -0.1) is 0 Å². The van der Waals surface area contributed by atoms with Gasteiger partial charge in [0.25, 0.3) is 0 Å². The van der Waals surface area contributed by atoms with E-state index >= 15 is 0 Å². The molecule has 0 saturated heterocycles. The number of hydrogen-bond donors (Lipinski definition) is 0. The number of para-hydroxylation sites is 1. The van der Waals surface area contributed by atoms with Crippen molar-refractivity contribution in [3.05, 3.63) is 58.1 Å². The summed E-state index contributed by atoms with van der Waals surface area (Å²) in [5.74, 6) is 1.83. The minimum atomic E-state index is -0.00852. The summed E-state index contributed by atoms with van der Waals surface area (Å²) in [4.78, 5) is -0.00852. The number of fused-ring (bicyclic) bond motifs is 1. The molecule has 1 atom stereocenters. The summed E-state index contributed by atoms with van der Waals surface area (Å²) >= 11 is 10.0. The van der Waals surface area contributed by atoms with E-state index < -0.39 is 0 Å². The lowest BCUT2D eigenvalue weighted by Crippen LogP contribution is -2.01. The minimum absolute atomic E-state index is 0.00852. The van der Waals surface area contributed by atoms with E-state index in [9.17, 15) is 0 Å². The second kappa shape index (κ2) is 6.29. The molecule has 0 N–H and O–H groups in total. The van der Waals surface area contributed by atoms with Crippen LogP contribution < -0.4 is 9.47 Å². The molecule has 1 aliphatic rings. The maximum absolute atomic E-state index is 6.25. The number of hydrogen-bond acceptors (Lipinski definition) is 2. The van der Waals surface area contributed by atoms with Crippen LogP contribution in [0.3, 0.4) is 0 Å². The van der Waals surface area contributed by atoms with Crippen LogP contribution in [0.4, 0.5) is 0 Å². The van der Waals surface area contributed by atoms with Crippen LogP contribution in [0, 0.1) is 0 Å². The maximum Gasteiger partial charge on any atom is 0.127 e. The second-order valence-corrected chi connectivity index (χ2v) is 6.27. The number of halogens is 2. The molecule has 2 nitrogen and oxygen atoms in total. The SMILES string of the molecule is CCOc1ccccc1C(Br)c1cc(Cl)cc2c1OCC2. The van der Waals surface area contributed by atoms with Crippen molar-refractivity contribution in [3.8, 4) is 11.5 Å². The fourth-order valence-electron chi connectivity index (χ4n) is 2.63. The first-order chi connectivity index (χ1) is 10.2. The Morgan fingerprint density at radius 1 is 1.29 bits per heavy atom. The zero-order chi connectivity index (χ0) is 14.8. The van der Waals surface area contributed by atoms with E-state index in [-0.39, 0.29) is 4.83 Å². The second-order valence-electron chi connectivity index (χ2n) is 4.92. The van der Waals surface area contributed by atoms with Gasteiger partial charge in [0.15, 0.2) is 0 Å². The molecule has 0 radical (unpaired) electrons. The van der Waals surface area contributed by atoms with Gasteiger partial charge in [-0.25, -0.2) is 0 Å². The molecular weight excluding hydrogens is 352 g/mol. The number of rotatable bonds is 4. The summed E-state index contributed by atoms with van der Waals surface area (Å²) in [6.07, 6.45) is 0.912. The van der Waals surface area contributed by atoms with Crippen LogP contribution in [0.1, 0.15) is 28.4 Å². The van der Waals surface area contributed by atoms with E-state index in [2.05, 4.69) is 22.0 Å². The monoisotopic (exact) mass is 366 g/mol. The van der Waals surface area contributed by atoms with E-state index in [0.29, 0.717) is 6.61 Å². The summed E-state index contributed by atoms with van der Waals surface area (Å²) < 4.78 is 11.5. The fraction of sp³-hybridized carbons (Fsp3) is 0.294. The highest BCUT2D eigenvalue weighted by Crippen LogP contribution is 2.44. The van der Waals surface area contributed by atoms with Gasteiger partial charge in [-0.3, -0.25) is 0 Å². The highest BCUT2D eigenvalue weighted by atomic mass is 79.9. The topological polar surface area (TPSA) is 18.5 Å². The normalized spacial score (nSPS) is 14.4. The van der Waals surface area contributed by atoms with Gasteiger partial charge in [-0.2, -0.15) is 0 Å². The molecule has 110 valence electrons. The van der Waals surface area contributed by atoms with Crippen molar-refractivity contribution in [1.29, 1.82) is 0 Å². The van der Waals surface area contributed by atoms with E-state index in [1.807, 2.05) is 37.3 Å². The van der Waals surface area contributed by atoms with Crippen LogP contribution in [0.5, 0.6) is 11.5 Å². The highest BCUT2D eigenvalue weighted by Gasteiger charge is 2.24. The third kappa shape index (κ3) is 2.90. The number of benzene rings is 2. The molecule has 0 aromatic heterocycles. The van der Waals surface area contributed by atoms with Crippen molar-refractivity contribution >= 4 is 27.5 Å². The molecule has 1 aliphatic heterocycles. The first-order valence-corrected chi connectivity index (χ1v) is 8.31. The lowest BCUT2D eigenvalue weighted by Gasteiger charge is -2.18. The zero-order valence-electron chi connectivity index (χ0n) is 11.7. The van der Waals surface area contributed by atoms with Crippen molar-refractivity contribution < 1.29 is 9.47 Å². The summed E-state index contributed by atoms with van der Waals surface area (Å²) in [6, 6.07) is 12.0. The Hall–Kier alpha value is -1.19. The van der Waals surface area contributed by atoms with Gasteiger partial charge in [0.05, 0.1) is 18.0 Å². The van der Waals surface area contributed by atoms with Gasteiger partial charge in [-0.1, -0.05) is 45.7 Å². The smallest absolute Gasteiger partial charge is 0.127 e. The highest BCUT2D eigenvalue weighted by molar-refractivity contribution is 9.09. The number of ether oxygens (including phenoxy) is 2. The molecule has 4 heteroatoms. The third-order valence-corrected chi connectivity index (χ3v) is 4.75. The summed E-state index contributed by atoms with van der Waals surface area (Å²) in [5, 5.41) is 0.743. The predicted molar refractivity (Wildman–Crippen MR) is 89.0 cm³/mol. The molecule has 0 amide bonds. The van der Waals surface area contributed by atoms with Crippen molar-refractivity contribution in [2.24, 2.45) is 0 Å². The molecule has 0 spiro atoms. The van der Waals surface area contributed by atoms with E-state index in [4.69, 9.17) is 21.1 Å². The predicted octanol–water partition coefficient (Wildman–Crippen LogP) is 5.16. The Kier molecular flexibility index (Phi) is 4.41. The quantitative estimate of drug-likeness (QED) is 0.695. The van der Waals surface area contributed by atoms with Crippen LogP contribution >= 0.6 is 27.5 Å². The molecule has 1 unspecified atom stereocenters. The van der Waals surface area contributed by atoms with Crippen molar-refractivity contribution in [3.63, 3.8) is 0 Å². The molecule has 2 aromatic carbocycles. The first-order valence-electron chi connectivity index (χ1n) is 7.01. The largest absolute Gasteiger partial charge is 0.494 e. The van der Waals surface area contributed by atoms with Crippen LogP contribution in [0.15, 0.2) is 36.4 Å². The molecule has 0 saturated carbocycles. The van der Waals surface area contributed by atoms with Crippen molar-refractivity contribution in [2.75, 3.05) is 13.2 Å². The molecule has 3 rings (SSSR count). The lowest BCUT2D eigenvalue weighted by molar-refractivity contribution is 0.336. The molecule has 21 heavy (non-hydrogen) atoms. The van der Waals surface area contributed by atoms with Crippen LogP contribution in [-0.4, -0.2) is 13.2 Å². The van der Waals surface area contributed by atoms with E-state index in [1.54, 1.807) is 0 Å². The van der Waals surface area contributed by atoms with E-state index in [0.717, 1.165) is 40.7 Å². The average Bonchev–Trinajstić information content (AvgIpc) is 2.94. The van der Waals surface area contributed by atoms with Gasteiger partial charge < -0.3 is 9.47 Å². The van der Waals surface area contributed by atoms with Gasteiger partial charge in [0, 0.05) is 22.6 Å². The van der Waals surface area contributed by atoms with Gasteiger partial charge in [-0.05, 0) is 30.7 Å². The minimum Gasteiger partial charge on any atom is -0.494 e. The van der Waals surface area contributed by atoms with Gasteiger partial charge in [0.1, 0.15) is 11.5 Å². The van der Waals surface area contributed by atoms with Gasteiger partial charge >= 0.3 is 0 Å². The Labute approximate surface area is 138 Å². The van der Waals surface area contributed by atoms with Crippen molar-refractivity contribution in [1.82, 2.24) is 0 Å². The van der Waals surface area contributed by atoms with Crippen molar-refractivity contribution in [2.45, 2.75) is 18.2 Å². The standard InChI is InChI=1S/C17H16BrClO2/c1-2-20-15-6-4-3-5-13(15)16(18)14-10-12(19)9-11-7-8-21-17(11)14/h3-6,9-10,16H,2,7-8H2,1H3. The Bertz CT molecular complexity index is 657. The maximum atomic E-state index is 6.25. The zero-order valence-corrected chi connectivity index (χ0v) is 14.1. The van der Waals surface area contributed by atoms with Crippen LogP contribution in [0.25, 0.3) is 0 Å². The lowest BCUT2D eigenvalue weighted by atomic mass is 10.0. The molecule has 2 aromatic rings. The summed E-state index contributed by atoms with van der Waals surface area (Å²) in [5.41, 5.74) is 3.32. The Morgan fingerprint density at radius 3 is 2.90 bits per heavy atom.